The number of aromatic nitrogens is 2. The number of carbonyl (C=O) groups is 2. The Morgan fingerprint density at radius 1 is 0.977 bits per heavy atom. The third kappa shape index (κ3) is 6.73. The van der Waals surface area contributed by atoms with Crippen molar-refractivity contribution < 1.29 is 27.5 Å². The van der Waals surface area contributed by atoms with Crippen LogP contribution in [0, 0.1) is 0 Å². The minimum Gasteiger partial charge on any atom is -0.497 e. The first-order valence-electron chi connectivity index (χ1n) is 15.1. The van der Waals surface area contributed by atoms with Crippen LogP contribution in [0.2, 0.25) is 0 Å². The number of benzene rings is 2. The number of halogens is 3. The van der Waals surface area contributed by atoms with E-state index in [0.717, 1.165) is 37.7 Å². The van der Waals surface area contributed by atoms with Crippen LogP contribution in [0.3, 0.4) is 0 Å². The number of carbonyl (C=O) groups excluding carboxylic acids is 2. The molecule has 1 saturated carbocycles. The predicted molar refractivity (Wildman–Crippen MR) is 158 cm³/mol. The molecule has 0 saturated heterocycles. The SMILES string of the molecule is COc1ccc([C@@H](C(=O)NC2CCCC2)N(C(=O)Cn2nc(C(F)(F)F)c3c2CCCC3)c2ccc(C(C)C)cc2)cc1. The lowest BCUT2D eigenvalue weighted by molar-refractivity contribution is -0.142. The van der Waals surface area contributed by atoms with E-state index < -0.39 is 30.4 Å². The number of amides is 2. The Balaban J connectivity index is 1.59. The summed E-state index contributed by atoms with van der Waals surface area (Å²) in [6.07, 6.45) is 1.20. The number of methoxy groups -OCH3 is 1. The molecule has 1 aromatic heterocycles. The van der Waals surface area contributed by atoms with Gasteiger partial charge < -0.3 is 10.1 Å². The highest BCUT2D eigenvalue weighted by Crippen LogP contribution is 2.37. The van der Waals surface area contributed by atoms with Crippen LogP contribution >= 0.6 is 0 Å². The molecular weight excluding hydrogens is 557 g/mol. The van der Waals surface area contributed by atoms with Crippen LogP contribution in [-0.2, 0) is 35.2 Å². The number of alkyl halides is 3. The number of hydrogen-bond donors (Lipinski definition) is 1. The fourth-order valence-corrected chi connectivity index (χ4v) is 6.24. The summed E-state index contributed by atoms with van der Waals surface area (Å²) in [5.74, 6) is -0.0144. The first-order chi connectivity index (χ1) is 20.6. The quantitative estimate of drug-likeness (QED) is 0.297. The minimum absolute atomic E-state index is 0.000922. The maximum atomic E-state index is 14.3. The Kier molecular flexibility index (Phi) is 9.13. The van der Waals surface area contributed by atoms with Crippen molar-refractivity contribution in [2.24, 2.45) is 0 Å². The van der Waals surface area contributed by atoms with Crippen LogP contribution < -0.4 is 15.0 Å². The molecule has 0 radical (unpaired) electrons. The molecule has 1 heterocycles. The van der Waals surface area contributed by atoms with E-state index in [0.29, 0.717) is 35.5 Å². The molecule has 1 N–H and O–H groups in total. The molecule has 0 bridgehead atoms. The summed E-state index contributed by atoms with van der Waals surface area (Å²) in [7, 11) is 1.55. The molecule has 0 spiro atoms. The minimum atomic E-state index is -4.62. The number of fused-ring (bicyclic) bond motifs is 1. The summed E-state index contributed by atoms with van der Waals surface area (Å²) >= 11 is 0. The standard InChI is InChI=1S/C33H39F3N4O3/c1-21(2)22-12-16-25(17-13-22)40(29(41)20-39-28-11-7-6-10-27(28)31(38-39)33(34,35)36)30(23-14-18-26(43-3)19-15-23)32(42)37-24-8-4-5-9-24/h12-19,21,24,30H,4-11,20H2,1-3H3,(H,37,42)/t30-/m0/s1. The maximum Gasteiger partial charge on any atom is 0.435 e. The van der Waals surface area contributed by atoms with Crippen molar-refractivity contribution >= 4 is 17.5 Å². The summed E-state index contributed by atoms with van der Waals surface area (Å²) in [6, 6.07) is 13.3. The molecule has 2 aromatic carbocycles. The number of anilines is 1. The number of nitrogens with zero attached hydrogens (tertiary/aromatic N) is 3. The third-order valence-electron chi connectivity index (χ3n) is 8.56. The summed E-state index contributed by atoms with van der Waals surface area (Å²) in [5.41, 5.74) is 1.80. The van der Waals surface area contributed by atoms with Gasteiger partial charge in [0.25, 0.3) is 0 Å². The lowest BCUT2D eigenvalue weighted by Gasteiger charge is -2.33. The molecule has 2 aliphatic carbocycles. The van der Waals surface area contributed by atoms with Crippen LogP contribution in [0.1, 0.15) is 92.4 Å². The van der Waals surface area contributed by atoms with Gasteiger partial charge in [-0.1, -0.05) is 51.0 Å². The summed E-state index contributed by atoms with van der Waals surface area (Å²) in [5, 5.41) is 7.07. The van der Waals surface area contributed by atoms with Crippen molar-refractivity contribution in [3.8, 4) is 5.75 Å². The largest absolute Gasteiger partial charge is 0.497 e. The zero-order valence-corrected chi connectivity index (χ0v) is 24.9. The van der Waals surface area contributed by atoms with Crippen molar-refractivity contribution in [3.05, 3.63) is 76.6 Å². The molecule has 230 valence electrons. The third-order valence-corrected chi connectivity index (χ3v) is 8.56. The molecule has 2 amide bonds. The molecule has 1 fully saturated rings. The maximum absolute atomic E-state index is 14.3. The van der Waals surface area contributed by atoms with Gasteiger partial charge >= 0.3 is 6.18 Å². The average molecular weight is 597 g/mol. The van der Waals surface area contributed by atoms with Crippen molar-refractivity contribution in [2.75, 3.05) is 12.0 Å². The molecule has 7 nitrogen and oxygen atoms in total. The molecule has 10 heteroatoms. The van der Waals surface area contributed by atoms with Crippen molar-refractivity contribution in [2.45, 2.75) is 95.9 Å². The second kappa shape index (κ2) is 12.8. The smallest absolute Gasteiger partial charge is 0.435 e. The van der Waals surface area contributed by atoms with E-state index in [2.05, 4.69) is 24.3 Å². The normalized spacial score (nSPS) is 16.2. The molecule has 0 aliphatic heterocycles. The second-order valence-electron chi connectivity index (χ2n) is 11.8. The van der Waals surface area contributed by atoms with E-state index in [4.69, 9.17) is 4.74 Å². The fraction of sp³-hybridized carbons (Fsp3) is 0.485. The first-order valence-corrected chi connectivity index (χ1v) is 15.1. The van der Waals surface area contributed by atoms with Crippen LogP contribution in [0.4, 0.5) is 18.9 Å². The summed E-state index contributed by atoms with van der Waals surface area (Å²) in [6.45, 7) is 3.70. The van der Waals surface area contributed by atoms with E-state index in [9.17, 15) is 22.8 Å². The van der Waals surface area contributed by atoms with Crippen molar-refractivity contribution in [1.82, 2.24) is 15.1 Å². The first kappa shape index (κ1) is 30.6. The second-order valence-corrected chi connectivity index (χ2v) is 11.8. The van der Waals surface area contributed by atoms with E-state index in [1.807, 2.05) is 12.1 Å². The molecule has 43 heavy (non-hydrogen) atoms. The van der Waals surface area contributed by atoms with Crippen LogP contribution in [0.5, 0.6) is 5.75 Å². The molecule has 1 atom stereocenters. The Hall–Kier alpha value is -3.82. The highest BCUT2D eigenvalue weighted by Gasteiger charge is 2.41. The van der Waals surface area contributed by atoms with Gasteiger partial charge in [-0.25, -0.2) is 0 Å². The number of rotatable bonds is 9. The molecule has 5 rings (SSSR count). The number of nitrogens with one attached hydrogen (secondary N) is 1. The summed E-state index contributed by atoms with van der Waals surface area (Å²) < 4.78 is 48.3. The van der Waals surface area contributed by atoms with Gasteiger partial charge in [-0.05, 0) is 79.8 Å². The Labute approximate surface area is 250 Å². The lowest BCUT2D eigenvalue weighted by Crippen LogP contribution is -2.47. The topological polar surface area (TPSA) is 76.5 Å². The van der Waals surface area contributed by atoms with Gasteiger partial charge in [0.1, 0.15) is 18.3 Å². The Morgan fingerprint density at radius 3 is 2.21 bits per heavy atom. The monoisotopic (exact) mass is 596 g/mol. The fourth-order valence-electron chi connectivity index (χ4n) is 6.24. The zero-order valence-electron chi connectivity index (χ0n) is 24.9. The number of ether oxygens (including phenoxy) is 1. The Morgan fingerprint density at radius 2 is 1.60 bits per heavy atom. The van der Waals surface area contributed by atoms with Gasteiger partial charge in [-0.2, -0.15) is 18.3 Å². The van der Waals surface area contributed by atoms with Gasteiger partial charge in [0.2, 0.25) is 11.8 Å². The zero-order chi connectivity index (χ0) is 30.7. The van der Waals surface area contributed by atoms with E-state index in [1.165, 1.54) is 9.58 Å². The van der Waals surface area contributed by atoms with Crippen molar-refractivity contribution in [3.63, 3.8) is 0 Å². The summed E-state index contributed by atoms with van der Waals surface area (Å²) in [4.78, 5) is 29.8. The van der Waals surface area contributed by atoms with Gasteiger partial charge in [0.05, 0.1) is 7.11 Å². The highest BCUT2D eigenvalue weighted by atomic mass is 19.4. The molecule has 2 aliphatic rings. The number of hydrogen-bond acceptors (Lipinski definition) is 4. The van der Waals surface area contributed by atoms with Crippen LogP contribution in [-0.4, -0.2) is 34.7 Å². The lowest BCUT2D eigenvalue weighted by atomic mass is 9.95. The van der Waals surface area contributed by atoms with Gasteiger partial charge in [-0.15, -0.1) is 0 Å². The van der Waals surface area contributed by atoms with Crippen LogP contribution in [0.25, 0.3) is 0 Å². The van der Waals surface area contributed by atoms with Crippen LogP contribution in [0.15, 0.2) is 48.5 Å². The van der Waals surface area contributed by atoms with E-state index in [-0.39, 0.29) is 29.9 Å². The molecule has 3 aromatic rings. The van der Waals surface area contributed by atoms with E-state index >= 15 is 0 Å². The van der Waals surface area contributed by atoms with Gasteiger partial charge in [0.15, 0.2) is 5.69 Å². The Bertz CT molecular complexity index is 1430. The molecule has 0 unspecified atom stereocenters. The van der Waals surface area contributed by atoms with Gasteiger partial charge in [-0.3, -0.25) is 19.2 Å². The average Bonchev–Trinajstić information content (AvgIpc) is 3.64. The van der Waals surface area contributed by atoms with Crippen molar-refractivity contribution in [1.29, 1.82) is 0 Å². The predicted octanol–water partition coefficient (Wildman–Crippen LogP) is 6.75. The van der Waals surface area contributed by atoms with E-state index in [1.54, 1.807) is 43.5 Å². The molecular formula is C33H39F3N4O3. The highest BCUT2D eigenvalue weighted by molar-refractivity contribution is 6.01. The van der Waals surface area contributed by atoms with Gasteiger partial charge in [0, 0.05) is 23.0 Å².